The monoisotopic (exact) mass is 450 g/mol. The first-order valence-corrected chi connectivity index (χ1v) is 9.95. The molecule has 11 heteroatoms. The summed E-state index contributed by atoms with van der Waals surface area (Å²) in [6.45, 7) is 4.10. The lowest BCUT2D eigenvalue weighted by molar-refractivity contribution is 0.0483. The lowest BCUT2D eigenvalue weighted by Crippen LogP contribution is -2.57. The first kappa shape index (κ1) is 23.2. The van der Waals surface area contributed by atoms with Crippen LogP contribution in [0.1, 0.15) is 40.3 Å². The van der Waals surface area contributed by atoms with E-state index in [1.807, 2.05) is 6.92 Å². The van der Waals surface area contributed by atoms with Crippen LogP contribution < -0.4 is 15.8 Å². The number of nitrogens with one attached hydrogen (secondary N) is 1. The minimum absolute atomic E-state index is 0.0233. The van der Waals surface area contributed by atoms with Gasteiger partial charge in [-0.05, 0) is 19.9 Å². The number of carbonyl (C=O) groups excluding carboxylic acids is 2. The van der Waals surface area contributed by atoms with E-state index in [1.165, 1.54) is 28.9 Å². The maximum absolute atomic E-state index is 13.8. The molecule has 1 atom stereocenters. The van der Waals surface area contributed by atoms with Crippen molar-refractivity contribution in [1.82, 2.24) is 14.9 Å². The molecule has 0 radical (unpaired) electrons. The van der Waals surface area contributed by atoms with Crippen LogP contribution in [0.2, 0.25) is 0 Å². The summed E-state index contributed by atoms with van der Waals surface area (Å²) >= 11 is 0. The minimum atomic E-state index is -1.03. The Labute approximate surface area is 182 Å². The van der Waals surface area contributed by atoms with E-state index in [0.29, 0.717) is 12.6 Å². The molecule has 9 nitrogen and oxygen atoms in total. The molecule has 1 aliphatic rings. The number of nitrogens with zero attached hydrogens (tertiary/aromatic N) is 3. The third-order valence-electron chi connectivity index (χ3n) is 5.25. The predicted octanol–water partition coefficient (Wildman–Crippen LogP) is 1.17. The number of ether oxygens (including phenoxy) is 1. The summed E-state index contributed by atoms with van der Waals surface area (Å²) < 4.78 is 33.2. The van der Waals surface area contributed by atoms with Gasteiger partial charge in [0.15, 0.2) is 11.4 Å². The van der Waals surface area contributed by atoms with E-state index in [4.69, 9.17) is 4.74 Å². The zero-order chi connectivity index (χ0) is 23.6. The van der Waals surface area contributed by atoms with E-state index in [2.05, 4.69) is 5.32 Å². The summed E-state index contributed by atoms with van der Waals surface area (Å²) in [4.78, 5) is 39.7. The molecule has 172 valence electrons. The highest BCUT2D eigenvalue weighted by molar-refractivity contribution is 5.99. The fourth-order valence-corrected chi connectivity index (χ4v) is 3.48. The van der Waals surface area contributed by atoms with Gasteiger partial charge in [-0.1, -0.05) is 6.07 Å². The number of carbonyl (C=O) groups is 2. The summed E-state index contributed by atoms with van der Waals surface area (Å²) in [6, 6.07) is 2.58. The second-order valence-electron chi connectivity index (χ2n) is 7.38. The Bertz CT molecular complexity index is 1100. The van der Waals surface area contributed by atoms with Gasteiger partial charge >= 0.3 is 0 Å². The molecule has 1 aromatic carbocycles. The van der Waals surface area contributed by atoms with Crippen LogP contribution in [0.4, 0.5) is 8.78 Å². The molecule has 3 rings (SSSR count). The van der Waals surface area contributed by atoms with Crippen LogP contribution in [0, 0.1) is 11.6 Å². The molecule has 2 N–H and O–H groups in total. The highest BCUT2D eigenvalue weighted by atomic mass is 19.1. The van der Waals surface area contributed by atoms with Gasteiger partial charge in [0.2, 0.25) is 5.43 Å². The standard InChI is InChI=1S/C21H24F2N4O5/c1-4-25-11-26(12(2)10-32-3)21(31)17-19(29)18(28)15(9-27(17)25)20(30)24-8-13-5-6-14(22)7-16(13)23/h5-7,9,12,29H,4,8,10-11H2,1-3H3,(H,24,30)/t12-/m0/s1. The van der Waals surface area contributed by atoms with Crippen molar-refractivity contribution in [1.29, 1.82) is 0 Å². The number of amides is 2. The zero-order valence-corrected chi connectivity index (χ0v) is 17.9. The lowest BCUT2D eigenvalue weighted by Gasteiger charge is -2.41. The second-order valence-corrected chi connectivity index (χ2v) is 7.38. The van der Waals surface area contributed by atoms with E-state index in [-0.39, 0.29) is 37.1 Å². The molecular weight excluding hydrogens is 426 g/mol. The van der Waals surface area contributed by atoms with E-state index >= 15 is 0 Å². The maximum atomic E-state index is 13.8. The van der Waals surface area contributed by atoms with Crippen molar-refractivity contribution < 1.29 is 28.2 Å². The van der Waals surface area contributed by atoms with Crippen LogP contribution in [0.3, 0.4) is 0 Å². The quantitative estimate of drug-likeness (QED) is 0.656. The van der Waals surface area contributed by atoms with E-state index in [0.717, 1.165) is 6.07 Å². The van der Waals surface area contributed by atoms with Crippen molar-refractivity contribution in [3.8, 4) is 5.75 Å². The van der Waals surface area contributed by atoms with E-state index in [9.17, 15) is 28.3 Å². The second kappa shape index (κ2) is 9.35. The SMILES string of the molecule is CCN1CN([C@@H](C)COC)C(=O)c2c(O)c(=O)c(C(=O)NCc3ccc(F)cc3F)cn21. The molecule has 1 aliphatic heterocycles. The predicted molar refractivity (Wildman–Crippen MR) is 111 cm³/mol. The van der Waals surface area contributed by atoms with Crippen LogP contribution in [0.5, 0.6) is 5.75 Å². The molecule has 1 aromatic heterocycles. The number of hydrogen-bond acceptors (Lipinski definition) is 6. The molecule has 0 bridgehead atoms. The average molecular weight is 450 g/mol. The third kappa shape index (κ3) is 4.28. The first-order chi connectivity index (χ1) is 15.2. The van der Waals surface area contributed by atoms with Gasteiger partial charge in [0.1, 0.15) is 23.9 Å². The molecule has 2 amide bonds. The summed E-state index contributed by atoms with van der Waals surface area (Å²) in [7, 11) is 1.50. The molecular formula is C21H24F2N4O5. The number of benzene rings is 1. The smallest absolute Gasteiger partial charge is 0.278 e. The van der Waals surface area contributed by atoms with Gasteiger partial charge < -0.3 is 20.1 Å². The first-order valence-electron chi connectivity index (χ1n) is 9.95. The Hall–Kier alpha value is -3.47. The fourth-order valence-electron chi connectivity index (χ4n) is 3.48. The Balaban J connectivity index is 1.94. The molecule has 0 saturated heterocycles. The molecule has 2 aromatic rings. The number of hydrogen-bond donors (Lipinski definition) is 2. The Morgan fingerprint density at radius 1 is 1.31 bits per heavy atom. The third-order valence-corrected chi connectivity index (χ3v) is 5.25. The van der Waals surface area contributed by atoms with Crippen LogP contribution >= 0.6 is 0 Å². The van der Waals surface area contributed by atoms with Gasteiger partial charge in [0.25, 0.3) is 11.8 Å². The molecule has 0 unspecified atom stereocenters. The maximum Gasteiger partial charge on any atom is 0.278 e. The Morgan fingerprint density at radius 2 is 2.03 bits per heavy atom. The van der Waals surface area contributed by atoms with E-state index < -0.39 is 40.2 Å². The molecule has 2 heterocycles. The van der Waals surface area contributed by atoms with Crippen LogP contribution in [-0.2, 0) is 11.3 Å². The van der Waals surface area contributed by atoms with Crippen molar-refractivity contribution >= 4 is 11.8 Å². The molecule has 32 heavy (non-hydrogen) atoms. The van der Waals surface area contributed by atoms with E-state index in [1.54, 1.807) is 11.9 Å². The lowest BCUT2D eigenvalue weighted by atomic mass is 10.1. The number of halogens is 2. The number of methoxy groups -OCH3 is 1. The van der Waals surface area contributed by atoms with Gasteiger partial charge in [-0.3, -0.25) is 24.1 Å². The summed E-state index contributed by atoms with van der Waals surface area (Å²) in [5.41, 5.74) is -1.68. The summed E-state index contributed by atoms with van der Waals surface area (Å²) in [5.74, 6) is -3.91. The molecule has 0 aliphatic carbocycles. The number of aromatic hydroxyl groups is 1. The molecule has 0 fully saturated rings. The largest absolute Gasteiger partial charge is 0.502 e. The van der Waals surface area contributed by atoms with Crippen molar-refractivity contribution in [3.63, 3.8) is 0 Å². The summed E-state index contributed by atoms with van der Waals surface area (Å²) in [5, 5.41) is 14.6. The Morgan fingerprint density at radius 3 is 2.66 bits per heavy atom. The minimum Gasteiger partial charge on any atom is -0.502 e. The molecule has 0 spiro atoms. The normalized spacial score (nSPS) is 14.3. The summed E-state index contributed by atoms with van der Waals surface area (Å²) in [6.07, 6.45) is 1.17. The van der Waals surface area contributed by atoms with Crippen LogP contribution in [-0.4, -0.2) is 59.5 Å². The Kier molecular flexibility index (Phi) is 6.78. The topological polar surface area (TPSA) is 104 Å². The van der Waals surface area contributed by atoms with Gasteiger partial charge in [-0.2, -0.15) is 0 Å². The van der Waals surface area contributed by atoms with Gasteiger partial charge in [0.05, 0.1) is 12.6 Å². The van der Waals surface area contributed by atoms with Gasteiger partial charge in [-0.15, -0.1) is 0 Å². The highest BCUT2D eigenvalue weighted by Crippen LogP contribution is 2.23. The van der Waals surface area contributed by atoms with Crippen molar-refractivity contribution in [2.75, 3.05) is 31.9 Å². The van der Waals surface area contributed by atoms with Crippen molar-refractivity contribution in [3.05, 3.63) is 63.1 Å². The number of fused-ring (bicyclic) bond motifs is 1. The molecule has 0 saturated carbocycles. The van der Waals surface area contributed by atoms with Crippen molar-refractivity contribution in [2.24, 2.45) is 0 Å². The van der Waals surface area contributed by atoms with Crippen molar-refractivity contribution in [2.45, 2.75) is 26.4 Å². The average Bonchev–Trinajstić information content (AvgIpc) is 2.75. The zero-order valence-electron chi connectivity index (χ0n) is 17.9. The van der Waals surface area contributed by atoms with Gasteiger partial charge in [0, 0.05) is 38.0 Å². The van der Waals surface area contributed by atoms with Crippen LogP contribution in [0.15, 0.2) is 29.2 Å². The highest BCUT2D eigenvalue weighted by Gasteiger charge is 2.35. The van der Waals surface area contributed by atoms with Crippen LogP contribution in [0.25, 0.3) is 0 Å². The fraction of sp³-hybridized carbons (Fsp3) is 0.381. The van der Waals surface area contributed by atoms with Gasteiger partial charge in [-0.25, -0.2) is 8.78 Å². The number of aromatic nitrogens is 1. The number of rotatable bonds is 7. The number of pyridine rings is 1.